The van der Waals surface area contributed by atoms with Crippen LogP contribution in [0.15, 0.2) is 36.5 Å². The standard InChI is InChI=1S/C16H20N4O/c1-21-11-9-17-15-6-8-18-16(19-15)20-10-7-13-4-2-3-5-14(13)12-20/h2-6,8H,7,9-12H2,1H3,(H,17,18,19). The summed E-state index contributed by atoms with van der Waals surface area (Å²) in [6.07, 6.45) is 2.85. The molecule has 5 nitrogen and oxygen atoms in total. The molecular weight excluding hydrogens is 264 g/mol. The van der Waals surface area contributed by atoms with E-state index >= 15 is 0 Å². The molecule has 0 saturated heterocycles. The van der Waals surface area contributed by atoms with Gasteiger partial charge in [-0.05, 0) is 23.6 Å². The Kier molecular flexibility index (Phi) is 4.31. The van der Waals surface area contributed by atoms with Crippen molar-refractivity contribution < 1.29 is 4.74 Å². The third kappa shape index (κ3) is 3.31. The van der Waals surface area contributed by atoms with Crippen LogP contribution in [-0.4, -0.2) is 36.8 Å². The van der Waals surface area contributed by atoms with Crippen LogP contribution in [0, 0.1) is 0 Å². The zero-order chi connectivity index (χ0) is 14.5. The second kappa shape index (κ2) is 6.54. The van der Waals surface area contributed by atoms with Crippen LogP contribution in [0.2, 0.25) is 0 Å². The number of hydrogen-bond donors (Lipinski definition) is 1. The van der Waals surface area contributed by atoms with Crippen LogP contribution in [0.25, 0.3) is 0 Å². The molecule has 0 atom stereocenters. The number of anilines is 2. The van der Waals surface area contributed by atoms with Crippen LogP contribution < -0.4 is 10.2 Å². The molecule has 0 spiro atoms. The van der Waals surface area contributed by atoms with Gasteiger partial charge in [-0.1, -0.05) is 24.3 Å². The van der Waals surface area contributed by atoms with E-state index in [0.29, 0.717) is 6.61 Å². The Morgan fingerprint density at radius 1 is 1.24 bits per heavy atom. The predicted molar refractivity (Wildman–Crippen MR) is 83.6 cm³/mol. The monoisotopic (exact) mass is 284 g/mol. The predicted octanol–water partition coefficient (Wildman–Crippen LogP) is 2.10. The summed E-state index contributed by atoms with van der Waals surface area (Å²) >= 11 is 0. The molecule has 21 heavy (non-hydrogen) atoms. The number of nitrogens with zero attached hydrogens (tertiary/aromatic N) is 3. The maximum atomic E-state index is 5.03. The Morgan fingerprint density at radius 2 is 2.10 bits per heavy atom. The fourth-order valence-corrected chi connectivity index (χ4v) is 2.55. The van der Waals surface area contributed by atoms with Gasteiger partial charge in [-0.3, -0.25) is 0 Å². The highest BCUT2D eigenvalue weighted by Gasteiger charge is 2.18. The maximum Gasteiger partial charge on any atom is 0.227 e. The molecule has 1 aliphatic rings. The quantitative estimate of drug-likeness (QED) is 0.852. The lowest BCUT2D eigenvalue weighted by Crippen LogP contribution is -2.31. The van der Waals surface area contributed by atoms with Crippen molar-refractivity contribution in [3.05, 3.63) is 47.7 Å². The number of ether oxygens (including phenoxy) is 1. The molecule has 0 aliphatic carbocycles. The molecule has 1 aromatic heterocycles. The maximum absolute atomic E-state index is 5.03. The zero-order valence-electron chi connectivity index (χ0n) is 12.2. The molecular formula is C16H20N4O. The summed E-state index contributed by atoms with van der Waals surface area (Å²) in [6.45, 7) is 3.24. The van der Waals surface area contributed by atoms with Gasteiger partial charge in [0.05, 0.1) is 6.61 Å². The van der Waals surface area contributed by atoms with Crippen LogP contribution in [0.4, 0.5) is 11.8 Å². The van der Waals surface area contributed by atoms with E-state index in [1.54, 1.807) is 13.3 Å². The van der Waals surface area contributed by atoms with Gasteiger partial charge in [0, 0.05) is 32.9 Å². The zero-order valence-corrected chi connectivity index (χ0v) is 12.2. The second-order valence-corrected chi connectivity index (χ2v) is 5.10. The van der Waals surface area contributed by atoms with Crippen LogP contribution in [0.3, 0.4) is 0 Å². The molecule has 1 aliphatic heterocycles. The molecule has 0 fully saturated rings. The minimum Gasteiger partial charge on any atom is -0.383 e. The molecule has 1 aromatic carbocycles. The van der Waals surface area contributed by atoms with Crippen LogP contribution in [-0.2, 0) is 17.7 Å². The van der Waals surface area contributed by atoms with Crippen molar-refractivity contribution in [3.8, 4) is 0 Å². The average molecular weight is 284 g/mol. The first-order valence-electron chi connectivity index (χ1n) is 7.24. The Labute approximate surface area is 125 Å². The first kappa shape index (κ1) is 13.8. The van der Waals surface area contributed by atoms with Gasteiger partial charge in [-0.25, -0.2) is 4.98 Å². The lowest BCUT2D eigenvalue weighted by atomic mass is 10.0. The first-order chi connectivity index (χ1) is 10.4. The van der Waals surface area contributed by atoms with E-state index in [4.69, 9.17) is 4.74 Å². The van der Waals surface area contributed by atoms with Gasteiger partial charge < -0.3 is 15.0 Å². The third-order valence-corrected chi connectivity index (χ3v) is 3.67. The van der Waals surface area contributed by atoms with Gasteiger partial charge in [0.25, 0.3) is 0 Å². The SMILES string of the molecule is COCCNc1ccnc(N2CCc3ccccc3C2)n1. The normalized spacial score (nSPS) is 13.9. The number of nitrogens with one attached hydrogen (secondary N) is 1. The minimum absolute atomic E-state index is 0.663. The number of hydrogen-bond acceptors (Lipinski definition) is 5. The fourth-order valence-electron chi connectivity index (χ4n) is 2.55. The van der Waals surface area contributed by atoms with Crippen molar-refractivity contribution in [2.24, 2.45) is 0 Å². The van der Waals surface area contributed by atoms with Gasteiger partial charge in [-0.15, -0.1) is 0 Å². The molecule has 5 heteroatoms. The number of aromatic nitrogens is 2. The van der Waals surface area contributed by atoms with E-state index in [1.807, 2.05) is 6.07 Å². The molecule has 0 amide bonds. The molecule has 0 radical (unpaired) electrons. The summed E-state index contributed by atoms with van der Waals surface area (Å²) in [6, 6.07) is 10.5. The van der Waals surface area contributed by atoms with Crippen molar-refractivity contribution in [2.45, 2.75) is 13.0 Å². The molecule has 0 bridgehead atoms. The Bertz CT molecular complexity index is 602. The van der Waals surface area contributed by atoms with Gasteiger partial charge >= 0.3 is 0 Å². The number of rotatable bonds is 5. The van der Waals surface area contributed by atoms with Crippen molar-refractivity contribution in [1.82, 2.24) is 9.97 Å². The lowest BCUT2D eigenvalue weighted by Gasteiger charge is -2.28. The molecule has 0 unspecified atom stereocenters. The van der Waals surface area contributed by atoms with E-state index < -0.39 is 0 Å². The molecule has 110 valence electrons. The smallest absolute Gasteiger partial charge is 0.227 e. The highest BCUT2D eigenvalue weighted by atomic mass is 16.5. The molecule has 1 N–H and O–H groups in total. The van der Waals surface area contributed by atoms with Gasteiger partial charge in [-0.2, -0.15) is 4.98 Å². The third-order valence-electron chi connectivity index (χ3n) is 3.67. The van der Waals surface area contributed by atoms with Crippen LogP contribution >= 0.6 is 0 Å². The molecule has 3 rings (SSSR count). The van der Waals surface area contributed by atoms with E-state index in [1.165, 1.54) is 11.1 Å². The van der Waals surface area contributed by atoms with E-state index in [2.05, 4.69) is 44.5 Å². The second-order valence-electron chi connectivity index (χ2n) is 5.10. The van der Waals surface area contributed by atoms with Gasteiger partial charge in [0.2, 0.25) is 5.95 Å². The summed E-state index contributed by atoms with van der Waals surface area (Å²) < 4.78 is 5.03. The molecule has 2 heterocycles. The number of methoxy groups -OCH3 is 1. The Hall–Kier alpha value is -2.14. The highest BCUT2D eigenvalue weighted by molar-refractivity contribution is 5.44. The van der Waals surface area contributed by atoms with E-state index in [9.17, 15) is 0 Å². The Balaban J connectivity index is 1.71. The molecule has 2 aromatic rings. The van der Waals surface area contributed by atoms with E-state index in [-0.39, 0.29) is 0 Å². The van der Waals surface area contributed by atoms with Crippen molar-refractivity contribution in [1.29, 1.82) is 0 Å². The van der Waals surface area contributed by atoms with E-state index in [0.717, 1.165) is 37.8 Å². The van der Waals surface area contributed by atoms with Gasteiger partial charge in [0.1, 0.15) is 5.82 Å². The topological polar surface area (TPSA) is 50.3 Å². The summed E-state index contributed by atoms with van der Waals surface area (Å²) in [5.41, 5.74) is 2.80. The van der Waals surface area contributed by atoms with Crippen LogP contribution in [0.1, 0.15) is 11.1 Å². The summed E-state index contributed by atoms with van der Waals surface area (Å²) in [7, 11) is 1.69. The van der Waals surface area contributed by atoms with Gasteiger partial charge in [0.15, 0.2) is 0 Å². The fraction of sp³-hybridized carbons (Fsp3) is 0.375. The van der Waals surface area contributed by atoms with Crippen molar-refractivity contribution in [2.75, 3.05) is 37.0 Å². The summed E-state index contributed by atoms with van der Waals surface area (Å²) in [4.78, 5) is 11.2. The minimum atomic E-state index is 0.663. The van der Waals surface area contributed by atoms with Crippen LogP contribution in [0.5, 0.6) is 0 Å². The van der Waals surface area contributed by atoms with Crippen molar-refractivity contribution in [3.63, 3.8) is 0 Å². The average Bonchev–Trinajstić information content (AvgIpc) is 2.55. The highest BCUT2D eigenvalue weighted by Crippen LogP contribution is 2.22. The number of benzene rings is 1. The number of fused-ring (bicyclic) bond motifs is 1. The van der Waals surface area contributed by atoms with Crippen molar-refractivity contribution >= 4 is 11.8 Å². The molecule has 0 saturated carbocycles. The Morgan fingerprint density at radius 3 is 2.95 bits per heavy atom. The largest absolute Gasteiger partial charge is 0.383 e. The summed E-state index contributed by atoms with van der Waals surface area (Å²) in [5, 5.41) is 3.24. The lowest BCUT2D eigenvalue weighted by molar-refractivity contribution is 0.210. The first-order valence-corrected chi connectivity index (χ1v) is 7.24. The summed E-state index contributed by atoms with van der Waals surface area (Å²) in [5.74, 6) is 1.63.